The van der Waals surface area contributed by atoms with Gasteiger partial charge in [-0.1, -0.05) is 0 Å². The molecule has 1 unspecified atom stereocenters. The Morgan fingerprint density at radius 3 is 2.80 bits per heavy atom. The normalized spacial score (nSPS) is 20.7. The minimum Gasteiger partial charge on any atom is -0.308 e. The third-order valence-corrected chi connectivity index (χ3v) is 2.72. The van der Waals surface area contributed by atoms with Gasteiger partial charge in [-0.3, -0.25) is 9.89 Å². The summed E-state index contributed by atoms with van der Waals surface area (Å²) in [5.74, 6) is 2.75. The highest BCUT2D eigenvalue weighted by Gasteiger charge is 2.31. The smallest absolute Gasteiger partial charge is 0.228 e. The van der Waals surface area contributed by atoms with Crippen LogP contribution in [0.25, 0.3) is 0 Å². The number of hydrogen-bond acceptors (Lipinski definition) is 2. The maximum atomic E-state index is 11.7. The Kier molecular flexibility index (Phi) is 2.24. The Bertz CT molecular complexity index is 422. The van der Waals surface area contributed by atoms with Crippen molar-refractivity contribution in [1.29, 1.82) is 0 Å². The molecule has 1 aromatic heterocycles. The Morgan fingerprint density at radius 2 is 2.33 bits per heavy atom. The molecule has 1 fully saturated rings. The van der Waals surface area contributed by atoms with E-state index in [0.717, 1.165) is 17.1 Å². The Hall–Kier alpha value is -1.76. The van der Waals surface area contributed by atoms with E-state index < -0.39 is 0 Å². The Balaban J connectivity index is 2.34. The number of rotatable bonds is 1. The third kappa shape index (κ3) is 1.50. The number of hydrogen-bond donors (Lipinski definition) is 1. The second kappa shape index (κ2) is 3.43. The van der Waals surface area contributed by atoms with Gasteiger partial charge in [-0.2, -0.15) is 5.10 Å². The topological polar surface area (TPSA) is 49.0 Å². The van der Waals surface area contributed by atoms with Crippen LogP contribution in [-0.2, 0) is 4.79 Å². The van der Waals surface area contributed by atoms with E-state index >= 15 is 0 Å². The van der Waals surface area contributed by atoms with Gasteiger partial charge in [-0.25, -0.2) is 0 Å². The molecule has 1 saturated heterocycles. The summed E-state index contributed by atoms with van der Waals surface area (Å²) in [5, 5.41) is 6.95. The van der Waals surface area contributed by atoms with Gasteiger partial charge < -0.3 is 4.90 Å². The van der Waals surface area contributed by atoms with Gasteiger partial charge >= 0.3 is 0 Å². The molecule has 1 aliphatic rings. The predicted molar refractivity (Wildman–Crippen MR) is 57.4 cm³/mol. The molecule has 1 aromatic rings. The lowest BCUT2D eigenvalue weighted by Crippen LogP contribution is -2.25. The lowest BCUT2D eigenvalue weighted by molar-refractivity contribution is -0.117. The van der Waals surface area contributed by atoms with Gasteiger partial charge in [0.1, 0.15) is 0 Å². The van der Waals surface area contributed by atoms with Crippen LogP contribution < -0.4 is 4.90 Å². The molecule has 0 aliphatic carbocycles. The van der Waals surface area contributed by atoms with E-state index in [-0.39, 0.29) is 11.8 Å². The number of nitrogens with zero attached hydrogens (tertiary/aromatic N) is 2. The Morgan fingerprint density at radius 1 is 1.60 bits per heavy atom. The molecule has 0 radical (unpaired) electrons. The molecule has 1 atom stereocenters. The van der Waals surface area contributed by atoms with Crippen LogP contribution in [0.1, 0.15) is 17.8 Å². The highest BCUT2D eigenvalue weighted by Crippen LogP contribution is 2.28. The van der Waals surface area contributed by atoms with Crippen LogP contribution in [0.2, 0.25) is 0 Å². The van der Waals surface area contributed by atoms with Gasteiger partial charge in [0, 0.05) is 18.9 Å². The molecule has 1 aliphatic heterocycles. The van der Waals surface area contributed by atoms with Crippen LogP contribution in [-0.4, -0.2) is 22.6 Å². The zero-order chi connectivity index (χ0) is 11.0. The summed E-state index contributed by atoms with van der Waals surface area (Å²) in [4.78, 5) is 13.5. The molecule has 4 heteroatoms. The zero-order valence-electron chi connectivity index (χ0n) is 8.87. The number of aromatic amines is 1. The number of anilines is 1. The fourth-order valence-corrected chi connectivity index (χ4v) is 1.98. The van der Waals surface area contributed by atoms with Gasteiger partial charge in [0.25, 0.3) is 0 Å². The van der Waals surface area contributed by atoms with Crippen LogP contribution in [0.3, 0.4) is 0 Å². The van der Waals surface area contributed by atoms with Crippen molar-refractivity contribution in [2.75, 3.05) is 11.4 Å². The van der Waals surface area contributed by atoms with Crippen LogP contribution in [0, 0.1) is 32.1 Å². The van der Waals surface area contributed by atoms with E-state index in [4.69, 9.17) is 6.42 Å². The summed E-state index contributed by atoms with van der Waals surface area (Å²) in [6, 6.07) is 0. The van der Waals surface area contributed by atoms with Gasteiger partial charge in [0.15, 0.2) is 0 Å². The molecule has 4 nitrogen and oxygen atoms in total. The highest BCUT2D eigenvalue weighted by atomic mass is 16.2. The fourth-order valence-electron chi connectivity index (χ4n) is 1.98. The molecule has 2 rings (SSSR count). The largest absolute Gasteiger partial charge is 0.308 e. The highest BCUT2D eigenvalue weighted by molar-refractivity contribution is 5.97. The van der Waals surface area contributed by atoms with E-state index in [0.29, 0.717) is 13.0 Å². The second-order valence-corrected chi connectivity index (χ2v) is 3.85. The van der Waals surface area contributed by atoms with E-state index in [1.165, 1.54) is 0 Å². The molecule has 15 heavy (non-hydrogen) atoms. The molecule has 1 N–H and O–H groups in total. The number of terminal acetylenes is 1. The van der Waals surface area contributed by atoms with Crippen LogP contribution in [0.5, 0.6) is 0 Å². The van der Waals surface area contributed by atoms with Gasteiger partial charge in [0.2, 0.25) is 5.91 Å². The summed E-state index contributed by atoms with van der Waals surface area (Å²) < 4.78 is 0. The number of carbonyl (C=O) groups is 1. The molecular weight excluding hydrogens is 190 g/mol. The first-order valence-electron chi connectivity index (χ1n) is 4.91. The first-order chi connectivity index (χ1) is 7.13. The van der Waals surface area contributed by atoms with E-state index in [2.05, 4.69) is 16.1 Å². The number of carbonyl (C=O) groups excluding carboxylic acids is 1. The van der Waals surface area contributed by atoms with E-state index in [1.54, 1.807) is 4.90 Å². The quantitative estimate of drug-likeness (QED) is 0.692. The number of aromatic nitrogens is 2. The predicted octanol–water partition coefficient (Wildman–Crippen LogP) is 1.01. The lowest BCUT2D eigenvalue weighted by Gasteiger charge is -2.15. The van der Waals surface area contributed by atoms with Crippen molar-refractivity contribution in [3.63, 3.8) is 0 Å². The van der Waals surface area contributed by atoms with Crippen molar-refractivity contribution in [2.45, 2.75) is 20.3 Å². The van der Waals surface area contributed by atoms with Crippen molar-refractivity contribution in [2.24, 2.45) is 5.92 Å². The number of aryl methyl sites for hydroxylation is 2. The van der Waals surface area contributed by atoms with Crippen molar-refractivity contribution in [3.05, 3.63) is 11.4 Å². The summed E-state index contributed by atoms with van der Waals surface area (Å²) in [6.07, 6.45) is 5.78. The van der Waals surface area contributed by atoms with Gasteiger partial charge in [0.05, 0.1) is 17.1 Å². The van der Waals surface area contributed by atoms with Gasteiger partial charge in [-0.15, -0.1) is 12.3 Å². The average Bonchev–Trinajstić information content (AvgIpc) is 2.71. The summed E-state index contributed by atoms with van der Waals surface area (Å²) >= 11 is 0. The Labute approximate surface area is 88.7 Å². The van der Waals surface area contributed by atoms with Crippen molar-refractivity contribution in [3.8, 4) is 12.3 Å². The fraction of sp³-hybridized carbons (Fsp3) is 0.455. The van der Waals surface area contributed by atoms with E-state index in [1.807, 2.05) is 13.8 Å². The average molecular weight is 203 g/mol. The molecule has 0 bridgehead atoms. The minimum absolute atomic E-state index is 0.0335. The molecule has 0 saturated carbocycles. The maximum absolute atomic E-state index is 11.7. The molecule has 0 spiro atoms. The molecule has 1 amide bonds. The van der Waals surface area contributed by atoms with Crippen molar-refractivity contribution < 1.29 is 4.79 Å². The first kappa shape index (κ1) is 9.78. The molecule has 2 heterocycles. The summed E-state index contributed by atoms with van der Waals surface area (Å²) in [5.41, 5.74) is 2.65. The number of nitrogens with one attached hydrogen (secondary N) is 1. The molecule has 78 valence electrons. The SMILES string of the molecule is C#CC1CC(=O)N(c2c(C)n[nH]c2C)C1. The van der Waals surface area contributed by atoms with Crippen LogP contribution >= 0.6 is 0 Å². The maximum Gasteiger partial charge on any atom is 0.228 e. The third-order valence-electron chi connectivity index (χ3n) is 2.72. The zero-order valence-corrected chi connectivity index (χ0v) is 8.87. The first-order valence-corrected chi connectivity index (χ1v) is 4.91. The summed E-state index contributed by atoms with van der Waals surface area (Å²) in [7, 11) is 0. The summed E-state index contributed by atoms with van der Waals surface area (Å²) in [6.45, 7) is 4.40. The van der Waals surface area contributed by atoms with Crippen molar-refractivity contribution in [1.82, 2.24) is 10.2 Å². The number of H-pyrrole nitrogens is 1. The van der Waals surface area contributed by atoms with Crippen LogP contribution in [0.15, 0.2) is 0 Å². The monoisotopic (exact) mass is 203 g/mol. The van der Waals surface area contributed by atoms with E-state index in [9.17, 15) is 4.79 Å². The number of amides is 1. The minimum atomic E-state index is 0.0335. The molecular formula is C11H13N3O. The van der Waals surface area contributed by atoms with Gasteiger partial charge in [-0.05, 0) is 13.8 Å². The standard InChI is InChI=1S/C11H13N3O/c1-4-9-5-10(15)14(6-9)11-7(2)12-13-8(11)3/h1,9H,5-6H2,2-3H3,(H,12,13). The lowest BCUT2D eigenvalue weighted by atomic mass is 10.1. The second-order valence-electron chi connectivity index (χ2n) is 3.85. The van der Waals surface area contributed by atoms with Crippen LogP contribution in [0.4, 0.5) is 5.69 Å². The van der Waals surface area contributed by atoms with Crippen molar-refractivity contribution >= 4 is 11.6 Å². The molecule has 0 aromatic carbocycles.